The van der Waals surface area contributed by atoms with Crippen molar-refractivity contribution in [2.45, 2.75) is 13.5 Å². The van der Waals surface area contributed by atoms with E-state index in [1.807, 2.05) is 37.3 Å². The van der Waals surface area contributed by atoms with Crippen LogP contribution in [-0.4, -0.2) is 28.2 Å². The van der Waals surface area contributed by atoms with Crippen LogP contribution in [-0.2, 0) is 6.54 Å². The van der Waals surface area contributed by atoms with Crippen LogP contribution in [0.2, 0.25) is 0 Å². The normalized spacial score (nSPS) is 13.1. The molecule has 0 bridgehead atoms. The minimum atomic E-state index is -0.367. The summed E-state index contributed by atoms with van der Waals surface area (Å²) in [5.74, 6) is -0.367. The van der Waals surface area contributed by atoms with Crippen LogP contribution in [0.5, 0.6) is 0 Å². The van der Waals surface area contributed by atoms with Crippen LogP contribution in [0.25, 0.3) is 33.3 Å². The number of carbonyl (C=O) groups is 1. The first-order valence-corrected chi connectivity index (χ1v) is 9.79. The molecule has 0 saturated heterocycles. The first-order valence-electron chi connectivity index (χ1n) is 9.79. The van der Waals surface area contributed by atoms with E-state index < -0.39 is 0 Å². The summed E-state index contributed by atoms with van der Waals surface area (Å²) in [7, 11) is 1.74. The summed E-state index contributed by atoms with van der Waals surface area (Å²) in [6, 6.07) is 16.2. The predicted octanol–water partition coefficient (Wildman–Crippen LogP) is 5.19. The lowest BCUT2D eigenvalue weighted by molar-refractivity contribution is 0.218. The quantitative estimate of drug-likeness (QED) is 0.476. The number of aromatic amines is 1. The van der Waals surface area contributed by atoms with Gasteiger partial charge in [0.1, 0.15) is 5.82 Å². The van der Waals surface area contributed by atoms with E-state index in [0.29, 0.717) is 34.4 Å². The van der Waals surface area contributed by atoms with E-state index in [-0.39, 0.29) is 11.8 Å². The number of nitriles is 1. The molecule has 0 saturated carbocycles. The molecule has 2 heterocycles. The van der Waals surface area contributed by atoms with Crippen molar-refractivity contribution in [2.75, 3.05) is 12.4 Å². The average Bonchev–Trinajstić information content (AvgIpc) is 3.16. The fourth-order valence-corrected chi connectivity index (χ4v) is 4.09. The minimum Gasteiger partial charge on any atom is -0.323 e. The number of benzene rings is 3. The summed E-state index contributed by atoms with van der Waals surface area (Å²) in [5.41, 5.74) is 6.14. The van der Waals surface area contributed by atoms with Crippen LogP contribution in [0.4, 0.5) is 14.9 Å². The van der Waals surface area contributed by atoms with Gasteiger partial charge in [0, 0.05) is 41.4 Å². The second-order valence-electron chi connectivity index (χ2n) is 7.72. The minimum absolute atomic E-state index is 0.139. The number of nitrogens with zero attached hydrogens (tertiary/aromatic N) is 3. The van der Waals surface area contributed by atoms with E-state index in [1.165, 1.54) is 6.07 Å². The zero-order chi connectivity index (χ0) is 21.7. The highest BCUT2D eigenvalue weighted by molar-refractivity contribution is 5.99. The molecular formula is C24H18FN5O. The van der Waals surface area contributed by atoms with Gasteiger partial charge in [-0.25, -0.2) is 9.18 Å². The summed E-state index contributed by atoms with van der Waals surface area (Å²) >= 11 is 0. The largest absolute Gasteiger partial charge is 0.323 e. The number of aryl methyl sites for hydroxylation is 1. The Bertz CT molecular complexity index is 1400. The van der Waals surface area contributed by atoms with Gasteiger partial charge in [0.2, 0.25) is 0 Å². The molecule has 6 nitrogen and oxygen atoms in total. The molecule has 1 aliphatic heterocycles. The average molecular weight is 411 g/mol. The molecule has 7 heteroatoms. The number of H-pyrrole nitrogens is 1. The van der Waals surface area contributed by atoms with Gasteiger partial charge in [-0.15, -0.1) is 0 Å². The van der Waals surface area contributed by atoms with Gasteiger partial charge in [-0.3, -0.25) is 5.10 Å². The highest BCUT2D eigenvalue weighted by Crippen LogP contribution is 2.36. The molecule has 1 aromatic heterocycles. The smallest absolute Gasteiger partial charge is 0.321 e. The topological polar surface area (TPSA) is 84.8 Å². The fourth-order valence-electron chi connectivity index (χ4n) is 4.09. The highest BCUT2D eigenvalue weighted by Gasteiger charge is 2.21. The number of anilines is 1. The van der Waals surface area contributed by atoms with Gasteiger partial charge in [-0.1, -0.05) is 18.2 Å². The first kappa shape index (κ1) is 18.8. The molecule has 3 aromatic carbocycles. The van der Waals surface area contributed by atoms with Crippen LogP contribution in [0, 0.1) is 24.1 Å². The summed E-state index contributed by atoms with van der Waals surface area (Å²) in [4.78, 5) is 13.5. The van der Waals surface area contributed by atoms with E-state index in [4.69, 9.17) is 0 Å². The maximum absolute atomic E-state index is 14.7. The van der Waals surface area contributed by atoms with Crippen LogP contribution < -0.4 is 5.32 Å². The molecule has 2 amide bonds. The molecule has 0 atom stereocenters. The zero-order valence-corrected chi connectivity index (χ0v) is 17.0. The van der Waals surface area contributed by atoms with Crippen LogP contribution in [0.3, 0.4) is 0 Å². The van der Waals surface area contributed by atoms with Crippen molar-refractivity contribution in [3.05, 3.63) is 71.0 Å². The third kappa shape index (κ3) is 3.01. The lowest BCUT2D eigenvalue weighted by atomic mass is 9.93. The van der Waals surface area contributed by atoms with Gasteiger partial charge < -0.3 is 10.2 Å². The number of amides is 2. The number of hydrogen-bond donors (Lipinski definition) is 2. The molecule has 5 rings (SSSR count). The van der Waals surface area contributed by atoms with E-state index in [1.54, 1.807) is 24.1 Å². The number of urea groups is 1. The van der Waals surface area contributed by atoms with Crippen molar-refractivity contribution in [3.63, 3.8) is 0 Å². The second-order valence-corrected chi connectivity index (χ2v) is 7.72. The number of fused-ring (bicyclic) bond motifs is 2. The van der Waals surface area contributed by atoms with Gasteiger partial charge in [-0.2, -0.15) is 10.4 Å². The molecular weight excluding hydrogens is 393 g/mol. The Morgan fingerprint density at radius 2 is 2.03 bits per heavy atom. The van der Waals surface area contributed by atoms with Gasteiger partial charge >= 0.3 is 6.03 Å². The molecule has 0 fully saturated rings. The Labute approximate surface area is 177 Å². The van der Waals surface area contributed by atoms with Gasteiger partial charge in [-0.05, 0) is 48.4 Å². The lowest BCUT2D eigenvalue weighted by Crippen LogP contribution is -2.35. The van der Waals surface area contributed by atoms with Gasteiger partial charge in [0.25, 0.3) is 0 Å². The fraction of sp³-hybridized carbons (Fsp3) is 0.125. The molecule has 31 heavy (non-hydrogen) atoms. The Morgan fingerprint density at radius 3 is 2.81 bits per heavy atom. The van der Waals surface area contributed by atoms with Crippen LogP contribution in [0.15, 0.2) is 48.5 Å². The van der Waals surface area contributed by atoms with E-state index in [2.05, 4.69) is 21.6 Å². The molecule has 4 aromatic rings. The SMILES string of the molecule is Cc1cccc(F)c1-c1cc2c(-c3ccc4c(c3)CN(C)C(=O)N4)n[nH]c2cc1C#N. The van der Waals surface area contributed by atoms with Gasteiger partial charge in [0.05, 0.1) is 22.8 Å². The maximum Gasteiger partial charge on any atom is 0.321 e. The summed E-state index contributed by atoms with van der Waals surface area (Å²) < 4.78 is 14.7. The monoisotopic (exact) mass is 411 g/mol. The number of aromatic nitrogens is 2. The molecule has 1 aliphatic rings. The molecule has 2 N–H and O–H groups in total. The van der Waals surface area contributed by atoms with Crippen molar-refractivity contribution in [2.24, 2.45) is 0 Å². The standard InChI is InChI=1S/C24H18FN5O/c1-13-4-3-5-19(25)22(13)17-10-18-21(9-15(17)11-26)28-29-23(18)14-6-7-20-16(8-14)12-30(2)24(31)27-20/h3-10H,12H2,1-2H3,(H,27,31)(H,28,29). The van der Waals surface area contributed by atoms with E-state index in [9.17, 15) is 14.4 Å². The molecule has 0 spiro atoms. The summed E-state index contributed by atoms with van der Waals surface area (Å²) in [6.07, 6.45) is 0. The Kier molecular flexibility index (Phi) is 4.22. The zero-order valence-electron chi connectivity index (χ0n) is 17.0. The summed E-state index contributed by atoms with van der Waals surface area (Å²) in [5, 5.41) is 20.8. The lowest BCUT2D eigenvalue weighted by Gasteiger charge is -2.26. The van der Waals surface area contributed by atoms with Crippen LogP contribution in [0.1, 0.15) is 16.7 Å². The predicted molar refractivity (Wildman–Crippen MR) is 117 cm³/mol. The Balaban J connectivity index is 1.70. The number of hydrogen-bond acceptors (Lipinski definition) is 3. The van der Waals surface area contributed by atoms with Crippen LogP contribution >= 0.6 is 0 Å². The second kappa shape index (κ2) is 6.96. The number of nitrogens with one attached hydrogen (secondary N) is 2. The Morgan fingerprint density at radius 1 is 1.19 bits per heavy atom. The molecule has 152 valence electrons. The first-order chi connectivity index (χ1) is 15.0. The number of carbonyl (C=O) groups excluding carboxylic acids is 1. The van der Waals surface area contributed by atoms with Crippen molar-refractivity contribution in [1.29, 1.82) is 5.26 Å². The Hall–Kier alpha value is -4.18. The van der Waals surface area contributed by atoms with Crippen molar-refractivity contribution in [1.82, 2.24) is 15.1 Å². The number of halogens is 1. The summed E-state index contributed by atoms with van der Waals surface area (Å²) in [6.45, 7) is 2.32. The van der Waals surface area contributed by atoms with Crippen molar-refractivity contribution in [3.8, 4) is 28.5 Å². The third-order valence-electron chi connectivity index (χ3n) is 5.69. The van der Waals surface area contributed by atoms with Crippen molar-refractivity contribution >= 4 is 22.6 Å². The molecule has 0 aliphatic carbocycles. The van der Waals surface area contributed by atoms with E-state index >= 15 is 0 Å². The maximum atomic E-state index is 14.7. The third-order valence-corrected chi connectivity index (χ3v) is 5.69. The van der Waals surface area contributed by atoms with Gasteiger partial charge in [0.15, 0.2) is 0 Å². The molecule has 0 unspecified atom stereocenters. The molecule has 0 radical (unpaired) electrons. The number of rotatable bonds is 2. The highest BCUT2D eigenvalue weighted by atomic mass is 19.1. The van der Waals surface area contributed by atoms with E-state index in [0.717, 1.165) is 27.8 Å². The van der Waals surface area contributed by atoms with Crippen molar-refractivity contribution < 1.29 is 9.18 Å².